The highest BCUT2D eigenvalue weighted by molar-refractivity contribution is 6.30. The number of nitrogens with zero attached hydrogens (tertiary/aromatic N) is 3. The first-order valence-electron chi connectivity index (χ1n) is 10.6. The predicted octanol–water partition coefficient (Wildman–Crippen LogP) is 4.74. The molecule has 2 aliphatic rings. The fourth-order valence-electron chi connectivity index (χ4n) is 4.84. The Labute approximate surface area is 186 Å². The molecule has 0 amide bonds. The molecule has 0 unspecified atom stereocenters. The number of aromatic nitrogens is 1. The van der Waals surface area contributed by atoms with Crippen LogP contribution < -0.4 is 4.90 Å². The zero-order valence-electron chi connectivity index (χ0n) is 17.2. The lowest BCUT2D eigenvalue weighted by Crippen LogP contribution is -2.54. The number of rotatable bonds is 4. The van der Waals surface area contributed by atoms with Crippen molar-refractivity contribution < 1.29 is 9.90 Å². The van der Waals surface area contributed by atoms with Crippen LogP contribution in [-0.4, -0.2) is 46.6 Å². The van der Waals surface area contributed by atoms with Crippen molar-refractivity contribution in [1.82, 2.24) is 9.88 Å². The zero-order valence-corrected chi connectivity index (χ0v) is 17.9. The number of halogens is 1. The monoisotopic (exact) mass is 433 g/mol. The first kappa shape index (κ1) is 20.0. The highest BCUT2D eigenvalue weighted by Gasteiger charge is 2.32. The molecule has 6 heteroatoms. The number of carbonyl (C=O) groups is 1. The van der Waals surface area contributed by atoms with Gasteiger partial charge in [-0.2, -0.15) is 0 Å². The molecule has 158 valence electrons. The Morgan fingerprint density at radius 1 is 1.13 bits per heavy atom. The maximum Gasteiger partial charge on any atom is 0.335 e. The molecule has 2 aliphatic heterocycles. The van der Waals surface area contributed by atoms with Gasteiger partial charge in [-0.3, -0.25) is 9.88 Å². The van der Waals surface area contributed by atoms with Crippen molar-refractivity contribution in [2.45, 2.75) is 25.4 Å². The Balaban J connectivity index is 1.33. The minimum Gasteiger partial charge on any atom is -0.478 e. The molecule has 31 heavy (non-hydrogen) atoms. The summed E-state index contributed by atoms with van der Waals surface area (Å²) in [6, 6.07) is 16.1. The molecule has 0 aliphatic carbocycles. The van der Waals surface area contributed by atoms with Crippen molar-refractivity contribution in [3.8, 4) is 11.1 Å². The van der Waals surface area contributed by atoms with E-state index in [4.69, 9.17) is 11.6 Å². The number of anilines is 1. The maximum absolute atomic E-state index is 11.3. The normalized spacial score (nSPS) is 18.4. The molecule has 3 aromatic rings. The number of hydrogen-bond donors (Lipinski definition) is 1. The van der Waals surface area contributed by atoms with Gasteiger partial charge in [-0.1, -0.05) is 23.7 Å². The summed E-state index contributed by atoms with van der Waals surface area (Å²) in [5, 5.41) is 10.0. The van der Waals surface area contributed by atoms with Crippen molar-refractivity contribution >= 4 is 23.3 Å². The summed E-state index contributed by atoms with van der Waals surface area (Å²) in [7, 11) is 0. The van der Waals surface area contributed by atoms with E-state index >= 15 is 0 Å². The fraction of sp³-hybridized carbons (Fsp3) is 0.280. The second-order valence-electron chi connectivity index (χ2n) is 8.31. The number of aryl methyl sites for hydroxylation is 1. The standard InChI is InChI=1S/C25H24ClN3O2/c26-21-5-1-17(2-6-21)23-14-27-10-9-20(23)15-28-11-12-29-22(16-28)7-3-18-13-19(25(30)31)4-8-24(18)29/h1-2,4-6,8-10,13-14,22H,3,7,11-12,15-16H2,(H,30,31)/t22-/m0/s1. The van der Waals surface area contributed by atoms with Crippen LogP contribution in [0.2, 0.25) is 5.02 Å². The molecule has 2 aromatic carbocycles. The Bertz CT molecular complexity index is 1120. The third kappa shape index (κ3) is 4.03. The summed E-state index contributed by atoms with van der Waals surface area (Å²) in [6.07, 6.45) is 5.78. The van der Waals surface area contributed by atoms with E-state index < -0.39 is 5.97 Å². The van der Waals surface area contributed by atoms with E-state index in [-0.39, 0.29) is 0 Å². The molecule has 5 rings (SSSR count). The van der Waals surface area contributed by atoms with Crippen LogP contribution in [0.4, 0.5) is 5.69 Å². The van der Waals surface area contributed by atoms with Crippen molar-refractivity contribution in [3.05, 3.63) is 82.6 Å². The molecule has 5 nitrogen and oxygen atoms in total. The van der Waals surface area contributed by atoms with Gasteiger partial charge in [-0.15, -0.1) is 0 Å². The maximum atomic E-state index is 11.3. The highest BCUT2D eigenvalue weighted by atomic mass is 35.5. The molecule has 1 N–H and O–H groups in total. The molecule has 3 heterocycles. The van der Waals surface area contributed by atoms with Crippen LogP contribution in [-0.2, 0) is 13.0 Å². The van der Waals surface area contributed by atoms with Crippen molar-refractivity contribution in [2.75, 3.05) is 24.5 Å². The van der Waals surface area contributed by atoms with Gasteiger partial charge in [0, 0.05) is 60.9 Å². The minimum absolute atomic E-state index is 0.378. The average molecular weight is 434 g/mol. The number of benzene rings is 2. The van der Waals surface area contributed by atoms with Gasteiger partial charge in [0.25, 0.3) is 0 Å². The van der Waals surface area contributed by atoms with Gasteiger partial charge in [0.1, 0.15) is 0 Å². The number of carboxylic acids is 1. The zero-order chi connectivity index (χ0) is 21.4. The largest absolute Gasteiger partial charge is 0.478 e. The van der Waals surface area contributed by atoms with Gasteiger partial charge in [0.2, 0.25) is 0 Å². The number of piperazine rings is 1. The topological polar surface area (TPSA) is 56.7 Å². The first-order valence-corrected chi connectivity index (χ1v) is 11.0. The third-order valence-corrected chi connectivity index (χ3v) is 6.66. The van der Waals surface area contributed by atoms with Crippen LogP contribution in [0.5, 0.6) is 0 Å². The lowest BCUT2D eigenvalue weighted by Gasteiger charge is -2.46. The second kappa shape index (κ2) is 8.33. The van der Waals surface area contributed by atoms with E-state index in [1.54, 1.807) is 6.07 Å². The molecule has 0 bridgehead atoms. The Hall–Kier alpha value is -2.89. The van der Waals surface area contributed by atoms with Gasteiger partial charge in [0.15, 0.2) is 0 Å². The average Bonchev–Trinajstić information content (AvgIpc) is 2.79. The number of pyridine rings is 1. The SMILES string of the molecule is O=C(O)c1ccc2c(c1)CC[C@H]1CN(Cc3ccncc3-c3ccc(Cl)cc3)CCN21. The predicted molar refractivity (Wildman–Crippen MR) is 123 cm³/mol. The van der Waals surface area contributed by atoms with Gasteiger partial charge in [0.05, 0.1) is 5.56 Å². The highest BCUT2D eigenvalue weighted by Crippen LogP contribution is 2.34. The van der Waals surface area contributed by atoms with Crippen LogP contribution in [0.25, 0.3) is 11.1 Å². The molecule has 1 saturated heterocycles. The summed E-state index contributed by atoms with van der Waals surface area (Å²) in [4.78, 5) is 20.6. The molecular formula is C25H24ClN3O2. The van der Waals surface area contributed by atoms with Crippen LogP contribution in [0.15, 0.2) is 60.9 Å². The van der Waals surface area contributed by atoms with Crippen LogP contribution in [0.1, 0.15) is 27.9 Å². The van der Waals surface area contributed by atoms with E-state index in [9.17, 15) is 9.90 Å². The smallest absolute Gasteiger partial charge is 0.335 e. The van der Waals surface area contributed by atoms with E-state index in [0.717, 1.165) is 60.7 Å². The summed E-state index contributed by atoms with van der Waals surface area (Å²) in [6.45, 7) is 3.81. The quantitative estimate of drug-likeness (QED) is 0.644. The minimum atomic E-state index is -0.858. The van der Waals surface area contributed by atoms with Crippen molar-refractivity contribution in [2.24, 2.45) is 0 Å². The third-order valence-electron chi connectivity index (χ3n) is 6.41. The first-order chi connectivity index (χ1) is 15.1. The fourth-order valence-corrected chi connectivity index (χ4v) is 4.97. The van der Waals surface area contributed by atoms with Crippen LogP contribution in [0, 0.1) is 0 Å². The number of aromatic carboxylic acids is 1. The van der Waals surface area contributed by atoms with Crippen LogP contribution >= 0.6 is 11.6 Å². The molecule has 0 saturated carbocycles. The molecule has 1 atom stereocenters. The van der Waals surface area contributed by atoms with Gasteiger partial charge in [-0.25, -0.2) is 4.79 Å². The molecule has 1 aromatic heterocycles. The van der Waals surface area contributed by atoms with Crippen LogP contribution in [0.3, 0.4) is 0 Å². The Kier molecular flexibility index (Phi) is 5.38. The Morgan fingerprint density at radius 2 is 1.97 bits per heavy atom. The summed E-state index contributed by atoms with van der Waals surface area (Å²) < 4.78 is 0. The summed E-state index contributed by atoms with van der Waals surface area (Å²) in [5.74, 6) is -0.858. The van der Waals surface area contributed by atoms with Gasteiger partial charge in [-0.05, 0) is 65.9 Å². The van der Waals surface area contributed by atoms with Gasteiger partial charge < -0.3 is 10.0 Å². The van der Waals surface area contributed by atoms with E-state index in [0.29, 0.717) is 11.6 Å². The summed E-state index contributed by atoms with van der Waals surface area (Å²) in [5.41, 5.74) is 6.29. The van der Waals surface area contributed by atoms with Gasteiger partial charge >= 0.3 is 5.97 Å². The molecule has 0 radical (unpaired) electrons. The lowest BCUT2D eigenvalue weighted by molar-refractivity contribution is 0.0696. The van der Waals surface area contributed by atoms with E-state index in [1.165, 1.54) is 11.3 Å². The number of carboxylic acid groups (broad SMARTS) is 1. The molecular weight excluding hydrogens is 410 g/mol. The number of hydrogen-bond acceptors (Lipinski definition) is 4. The molecule has 1 fully saturated rings. The summed E-state index contributed by atoms with van der Waals surface area (Å²) >= 11 is 6.06. The number of fused-ring (bicyclic) bond motifs is 3. The van der Waals surface area contributed by atoms with E-state index in [2.05, 4.69) is 20.9 Å². The second-order valence-corrected chi connectivity index (χ2v) is 8.75. The molecule has 0 spiro atoms. The van der Waals surface area contributed by atoms with E-state index in [1.807, 2.05) is 48.8 Å². The van der Waals surface area contributed by atoms with Crippen molar-refractivity contribution in [1.29, 1.82) is 0 Å². The van der Waals surface area contributed by atoms with Crippen molar-refractivity contribution in [3.63, 3.8) is 0 Å². The Morgan fingerprint density at radius 3 is 2.77 bits per heavy atom. The lowest BCUT2D eigenvalue weighted by atomic mass is 9.92.